The summed E-state index contributed by atoms with van der Waals surface area (Å²) in [6.45, 7) is 2.99. The Morgan fingerprint density at radius 3 is 2.50 bits per heavy atom. The van der Waals surface area contributed by atoms with Gasteiger partial charge in [-0.05, 0) is 65.0 Å². The highest BCUT2D eigenvalue weighted by Crippen LogP contribution is 2.39. The SMILES string of the molecule is O=C(CCS(=O)(=O)c1cc2c(cc1Br)CCN2C(=O)C1CC1)N1CCN(c2ccccn2)CC1. The van der Waals surface area contributed by atoms with Crippen LogP contribution in [0.15, 0.2) is 45.9 Å². The Morgan fingerprint density at radius 2 is 1.82 bits per heavy atom. The second kappa shape index (κ2) is 9.30. The van der Waals surface area contributed by atoms with E-state index in [4.69, 9.17) is 0 Å². The van der Waals surface area contributed by atoms with Crippen LogP contribution in [-0.4, -0.2) is 68.6 Å². The second-order valence-electron chi connectivity index (χ2n) is 9.05. The number of pyridine rings is 1. The molecule has 1 saturated carbocycles. The number of benzene rings is 1. The molecule has 180 valence electrons. The van der Waals surface area contributed by atoms with Gasteiger partial charge in [-0.3, -0.25) is 9.59 Å². The quantitative estimate of drug-likeness (QED) is 0.553. The zero-order valence-corrected chi connectivity index (χ0v) is 21.2. The third-order valence-electron chi connectivity index (χ3n) is 6.75. The minimum Gasteiger partial charge on any atom is -0.353 e. The van der Waals surface area contributed by atoms with Crippen molar-refractivity contribution in [1.29, 1.82) is 0 Å². The van der Waals surface area contributed by atoms with E-state index in [2.05, 4.69) is 25.8 Å². The summed E-state index contributed by atoms with van der Waals surface area (Å²) in [6.07, 6.45) is 4.21. The molecule has 0 N–H and O–H groups in total. The number of nitrogens with zero attached hydrogens (tertiary/aromatic N) is 4. The minimum absolute atomic E-state index is 0.0693. The molecule has 0 unspecified atom stereocenters. The highest BCUT2D eigenvalue weighted by atomic mass is 79.9. The number of carbonyl (C=O) groups excluding carboxylic acids is 2. The number of halogens is 1. The lowest BCUT2D eigenvalue weighted by Crippen LogP contribution is -2.49. The average molecular weight is 547 g/mol. The van der Waals surface area contributed by atoms with Gasteiger partial charge in [0.1, 0.15) is 5.82 Å². The van der Waals surface area contributed by atoms with Crippen molar-refractivity contribution in [2.24, 2.45) is 5.92 Å². The standard InChI is InChI=1S/C24H27BrN4O4S/c25-19-15-18-6-9-29(24(31)17-4-5-17)20(18)16-21(19)34(32,33)14-7-23(30)28-12-10-27(11-13-28)22-3-1-2-8-26-22/h1-3,8,15-17H,4-7,9-14H2. The first-order valence-corrected chi connectivity index (χ1v) is 14.1. The van der Waals surface area contributed by atoms with Gasteiger partial charge in [-0.2, -0.15) is 0 Å². The van der Waals surface area contributed by atoms with Gasteiger partial charge >= 0.3 is 0 Å². The molecule has 34 heavy (non-hydrogen) atoms. The van der Waals surface area contributed by atoms with E-state index in [0.717, 1.165) is 30.6 Å². The number of hydrogen-bond donors (Lipinski definition) is 0. The lowest BCUT2D eigenvalue weighted by molar-refractivity contribution is -0.131. The normalized spacial score (nSPS) is 18.2. The molecule has 0 bridgehead atoms. The van der Waals surface area contributed by atoms with E-state index in [1.54, 1.807) is 28.1 Å². The number of piperazine rings is 1. The monoisotopic (exact) mass is 546 g/mol. The van der Waals surface area contributed by atoms with Gasteiger partial charge in [0.15, 0.2) is 9.84 Å². The van der Waals surface area contributed by atoms with Crippen molar-refractivity contribution in [2.75, 3.05) is 48.3 Å². The zero-order chi connectivity index (χ0) is 23.9. The van der Waals surface area contributed by atoms with Crippen molar-refractivity contribution in [3.63, 3.8) is 0 Å². The second-order valence-corrected chi connectivity index (χ2v) is 12.0. The van der Waals surface area contributed by atoms with Crippen LogP contribution in [-0.2, 0) is 25.8 Å². The van der Waals surface area contributed by atoms with Crippen molar-refractivity contribution in [3.05, 3.63) is 46.6 Å². The molecule has 5 rings (SSSR count). The van der Waals surface area contributed by atoms with Gasteiger partial charge in [0, 0.05) is 61.4 Å². The molecular formula is C24H27BrN4O4S. The van der Waals surface area contributed by atoms with Crippen LogP contribution in [0.5, 0.6) is 0 Å². The molecule has 1 aliphatic carbocycles. The van der Waals surface area contributed by atoms with Crippen molar-refractivity contribution < 1.29 is 18.0 Å². The van der Waals surface area contributed by atoms with E-state index >= 15 is 0 Å². The van der Waals surface area contributed by atoms with Crippen LogP contribution < -0.4 is 9.80 Å². The third-order valence-corrected chi connectivity index (χ3v) is 9.41. The fraction of sp³-hybridized carbons (Fsp3) is 0.458. The molecule has 3 aliphatic rings. The highest BCUT2D eigenvalue weighted by molar-refractivity contribution is 9.10. The molecule has 0 atom stereocenters. The van der Waals surface area contributed by atoms with Crippen LogP contribution in [0, 0.1) is 5.92 Å². The number of aromatic nitrogens is 1. The van der Waals surface area contributed by atoms with Crippen LogP contribution in [0.3, 0.4) is 0 Å². The number of anilines is 2. The van der Waals surface area contributed by atoms with Crippen molar-refractivity contribution in [3.8, 4) is 0 Å². The molecule has 1 aromatic carbocycles. The van der Waals surface area contributed by atoms with Crippen LogP contribution in [0.25, 0.3) is 0 Å². The number of sulfone groups is 1. The first-order valence-electron chi connectivity index (χ1n) is 11.6. The largest absolute Gasteiger partial charge is 0.353 e. The van der Waals surface area contributed by atoms with E-state index in [-0.39, 0.29) is 34.8 Å². The van der Waals surface area contributed by atoms with Crippen molar-refractivity contribution >= 4 is 49.1 Å². The number of carbonyl (C=O) groups is 2. The fourth-order valence-corrected chi connectivity index (χ4v) is 7.06. The average Bonchev–Trinajstić information content (AvgIpc) is 3.62. The molecule has 2 aromatic rings. The van der Waals surface area contributed by atoms with Gasteiger partial charge in [0.25, 0.3) is 0 Å². The highest BCUT2D eigenvalue weighted by Gasteiger charge is 2.37. The van der Waals surface area contributed by atoms with E-state index in [0.29, 0.717) is 42.9 Å². The molecule has 2 fully saturated rings. The molecule has 1 saturated heterocycles. The maximum absolute atomic E-state index is 13.2. The minimum atomic E-state index is -3.71. The Hall–Kier alpha value is -2.46. The molecule has 10 heteroatoms. The van der Waals surface area contributed by atoms with Crippen LogP contribution >= 0.6 is 15.9 Å². The molecule has 1 aromatic heterocycles. The van der Waals surface area contributed by atoms with Crippen LogP contribution in [0.1, 0.15) is 24.8 Å². The van der Waals surface area contributed by atoms with E-state index < -0.39 is 9.84 Å². The number of rotatable bonds is 6. The molecule has 0 radical (unpaired) electrons. The third kappa shape index (κ3) is 4.70. The maximum atomic E-state index is 13.2. The molecule has 2 aliphatic heterocycles. The molecule has 0 spiro atoms. The smallest absolute Gasteiger partial charge is 0.230 e. The van der Waals surface area contributed by atoms with E-state index in [1.165, 1.54) is 0 Å². The molecule has 8 nitrogen and oxygen atoms in total. The lowest BCUT2D eigenvalue weighted by Gasteiger charge is -2.35. The molecule has 3 heterocycles. The summed E-state index contributed by atoms with van der Waals surface area (Å²) in [5, 5.41) is 0. The maximum Gasteiger partial charge on any atom is 0.230 e. The fourth-order valence-electron chi connectivity index (χ4n) is 4.62. The lowest BCUT2D eigenvalue weighted by atomic mass is 10.2. The number of fused-ring (bicyclic) bond motifs is 1. The predicted molar refractivity (Wildman–Crippen MR) is 133 cm³/mol. The van der Waals surface area contributed by atoms with Gasteiger partial charge < -0.3 is 14.7 Å². The van der Waals surface area contributed by atoms with Crippen LogP contribution in [0.4, 0.5) is 11.5 Å². The Labute approximate surface area is 208 Å². The van der Waals surface area contributed by atoms with E-state index in [9.17, 15) is 18.0 Å². The number of hydrogen-bond acceptors (Lipinski definition) is 6. The summed E-state index contributed by atoms with van der Waals surface area (Å²) < 4.78 is 26.8. The summed E-state index contributed by atoms with van der Waals surface area (Å²) in [7, 11) is -3.71. The topological polar surface area (TPSA) is 90.9 Å². The number of amides is 2. The molecule has 2 amide bonds. The summed E-state index contributed by atoms with van der Waals surface area (Å²) >= 11 is 3.41. The Kier molecular flexibility index (Phi) is 6.37. The summed E-state index contributed by atoms with van der Waals surface area (Å²) in [5.74, 6) is 0.620. The molecular weight excluding hydrogens is 520 g/mol. The Balaban J connectivity index is 1.23. The first kappa shape index (κ1) is 23.3. The van der Waals surface area contributed by atoms with Crippen molar-refractivity contribution in [2.45, 2.75) is 30.6 Å². The first-order chi connectivity index (χ1) is 16.3. The van der Waals surface area contributed by atoms with E-state index in [1.807, 2.05) is 18.2 Å². The van der Waals surface area contributed by atoms with Gasteiger partial charge in [-0.15, -0.1) is 0 Å². The van der Waals surface area contributed by atoms with Crippen LogP contribution in [0.2, 0.25) is 0 Å². The van der Waals surface area contributed by atoms with Gasteiger partial charge in [-0.1, -0.05) is 6.07 Å². The van der Waals surface area contributed by atoms with Gasteiger partial charge in [-0.25, -0.2) is 13.4 Å². The van der Waals surface area contributed by atoms with Crippen molar-refractivity contribution in [1.82, 2.24) is 9.88 Å². The van der Waals surface area contributed by atoms with Gasteiger partial charge in [0.05, 0.1) is 10.6 Å². The summed E-state index contributed by atoms with van der Waals surface area (Å²) in [5.41, 5.74) is 1.66. The Bertz CT molecular complexity index is 1210. The zero-order valence-electron chi connectivity index (χ0n) is 18.8. The Morgan fingerprint density at radius 1 is 1.06 bits per heavy atom. The van der Waals surface area contributed by atoms with Gasteiger partial charge in [0.2, 0.25) is 11.8 Å². The summed E-state index contributed by atoms with van der Waals surface area (Å²) in [4.78, 5) is 35.5. The predicted octanol–water partition coefficient (Wildman–Crippen LogP) is 2.66. The summed E-state index contributed by atoms with van der Waals surface area (Å²) in [6, 6.07) is 9.16.